The van der Waals surface area contributed by atoms with Crippen LogP contribution in [0, 0.1) is 0 Å². The zero-order chi connectivity index (χ0) is 30.9. The number of phosphoric ester groups is 1. The van der Waals surface area contributed by atoms with Gasteiger partial charge in [0, 0.05) is 0 Å². The molecule has 0 saturated carbocycles. The number of hydrogen-bond acceptors (Lipinski definition) is 16. The number of aromatic amines is 1. The van der Waals surface area contributed by atoms with E-state index in [0.29, 0.717) is 0 Å². The number of ether oxygens (including phenoxy) is 2. The number of rotatable bonds is 2. The van der Waals surface area contributed by atoms with Crippen LogP contribution in [0.25, 0.3) is 22.3 Å². The molecule has 7 heterocycles. The molecule has 4 aromatic heterocycles. The molecule has 236 valence electrons. The molecule has 0 aromatic carbocycles. The number of nitrogen functional groups attached to an aromatic ring is 2. The van der Waals surface area contributed by atoms with Crippen molar-refractivity contribution in [3.05, 3.63) is 29.3 Å². The van der Waals surface area contributed by atoms with Gasteiger partial charge in [0.1, 0.15) is 36.3 Å². The van der Waals surface area contributed by atoms with Gasteiger partial charge in [0.05, 0.1) is 25.9 Å². The van der Waals surface area contributed by atoms with Gasteiger partial charge in [-0.05, 0) is 0 Å². The number of imidazole rings is 2. The lowest BCUT2D eigenvalue weighted by Gasteiger charge is -2.24. The molecule has 0 radical (unpaired) electrons. The summed E-state index contributed by atoms with van der Waals surface area (Å²) in [5.74, 6) is -0.266. The molecule has 3 aliphatic rings. The average molecular weight is 662 g/mol. The second kappa shape index (κ2) is 10.9. The van der Waals surface area contributed by atoms with E-state index in [-0.39, 0.29) is 34.1 Å². The van der Waals surface area contributed by atoms with E-state index in [0.717, 1.165) is 17.2 Å². The van der Waals surface area contributed by atoms with Crippen LogP contribution < -0.4 is 17.0 Å². The van der Waals surface area contributed by atoms with Crippen molar-refractivity contribution in [2.24, 2.45) is 0 Å². The summed E-state index contributed by atoms with van der Waals surface area (Å²) >= 11 is 0. The van der Waals surface area contributed by atoms with Gasteiger partial charge < -0.3 is 34.9 Å². The average Bonchev–Trinajstić information content (AvgIpc) is 3.72. The molecule has 6 N–H and O–H groups in total. The van der Waals surface area contributed by atoms with Crippen LogP contribution in [-0.2, 0) is 36.7 Å². The molecule has 0 amide bonds. The molecule has 24 heteroatoms. The van der Waals surface area contributed by atoms with Gasteiger partial charge in [-0.3, -0.25) is 32.5 Å². The molecule has 3 saturated heterocycles. The smallest absolute Gasteiger partial charge is 0.382 e. The van der Waals surface area contributed by atoms with Crippen LogP contribution in [0.5, 0.6) is 0 Å². The SMILES string of the molecule is Nc1nc2c(ncn2[C@@H]2O[C@@H]3CO[PH](=O)O[C@H]4[C@H](F)[C@H](n5cnc6c(N)ncnc65)O[C@@H]4COP(=O)(O)O[C@@H]2[C@@H]3F)c(=O)[nH]1. The predicted octanol–water partition coefficient (Wildman–Crippen LogP) is -0.0978. The third kappa shape index (κ3) is 4.97. The Morgan fingerprint density at radius 1 is 0.977 bits per heavy atom. The van der Waals surface area contributed by atoms with Gasteiger partial charge in [0.25, 0.3) is 5.56 Å². The summed E-state index contributed by atoms with van der Waals surface area (Å²) in [5, 5.41) is 0. The lowest BCUT2D eigenvalue weighted by atomic mass is 10.1. The van der Waals surface area contributed by atoms with Crippen LogP contribution >= 0.6 is 16.1 Å². The summed E-state index contributed by atoms with van der Waals surface area (Å²) in [4.78, 5) is 44.9. The molecule has 3 aliphatic heterocycles. The molecule has 4 aromatic rings. The fraction of sp³-hybridized carbons (Fsp3) is 0.500. The molecule has 10 atom stereocenters. The summed E-state index contributed by atoms with van der Waals surface area (Å²) in [7, 11) is -8.71. The first kappa shape index (κ1) is 29.3. The monoisotopic (exact) mass is 662 g/mol. The zero-order valence-electron chi connectivity index (χ0n) is 21.9. The molecule has 20 nitrogen and oxygen atoms in total. The highest BCUT2D eigenvalue weighted by Crippen LogP contribution is 2.52. The highest BCUT2D eigenvalue weighted by molar-refractivity contribution is 7.47. The quantitative estimate of drug-likeness (QED) is 0.204. The third-order valence-electron chi connectivity index (χ3n) is 7.17. The van der Waals surface area contributed by atoms with Crippen molar-refractivity contribution in [1.29, 1.82) is 0 Å². The predicted molar refractivity (Wildman–Crippen MR) is 140 cm³/mol. The van der Waals surface area contributed by atoms with Crippen LogP contribution in [0.1, 0.15) is 12.5 Å². The van der Waals surface area contributed by atoms with Crippen molar-refractivity contribution in [3.63, 3.8) is 0 Å². The maximum absolute atomic E-state index is 15.8. The van der Waals surface area contributed by atoms with E-state index in [1.54, 1.807) is 0 Å². The molecule has 0 aliphatic carbocycles. The van der Waals surface area contributed by atoms with Gasteiger partial charge in [-0.15, -0.1) is 0 Å². The van der Waals surface area contributed by atoms with Gasteiger partial charge in [-0.2, -0.15) is 4.98 Å². The molecule has 7 rings (SSSR count). The van der Waals surface area contributed by atoms with Crippen molar-refractivity contribution in [2.45, 2.75) is 49.2 Å². The highest BCUT2D eigenvalue weighted by Gasteiger charge is 2.53. The third-order valence-corrected chi connectivity index (χ3v) is 9.02. The minimum Gasteiger partial charge on any atom is -0.382 e. The van der Waals surface area contributed by atoms with E-state index in [4.69, 9.17) is 39.0 Å². The van der Waals surface area contributed by atoms with Gasteiger partial charge in [0.15, 0.2) is 47.4 Å². The van der Waals surface area contributed by atoms with Gasteiger partial charge >= 0.3 is 16.1 Å². The van der Waals surface area contributed by atoms with E-state index in [1.807, 2.05) is 0 Å². The molecule has 2 unspecified atom stereocenters. The van der Waals surface area contributed by atoms with Crippen LogP contribution in [0.15, 0.2) is 23.8 Å². The molecule has 3 fully saturated rings. The Morgan fingerprint density at radius 3 is 2.50 bits per heavy atom. The van der Waals surface area contributed by atoms with Crippen molar-refractivity contribution < 1.29 is 50.4 Å². The Hall–Kier alpha value is -3.46. The van der Waals surface area contributed by atoms with Crippen LogP contribution in [0.4, 0.5) is 20.5 Å². The number of halogens is 2. The first-order chi connectivity index (χ1) is 21.0. The number of nitrogens with one attached hydrogen (secondary N) is 1. The number of H-pyrrole nitrogens is 1. The number of nitrogens with zero attached hydrogens (tertiary/aromatic N) is 7. The maximum atomic E-state index is 15.8. The van der Waals surface area contributed by atoms with Gasteiger partial charge in [-0.25, -0.2) is 33.3 Å². The maximum Gasteiger partial charge on any atom is 0.472 e. The summed E-state index contributed by atoms with van der Waals surface area (Å²) in [6.45, 7) is -1.55. The Morgan fingerprint density at radius 2 is 1.70 bits per heavy atom. The summed E-state index contributed by atoms with van der Waals surface area (Å²) in [6.07, 6.45) is -10.4. The number of anilines is 2. The number of alkyl halides is 2. The van der Waals surface area contributed by atoms with Crippen LogP contribution in [0.2, 0.25) is 0 Å². The fourth-order valence-corrected chi connectivity index (χ4v) is 6.99. The molecular weight excluding hydrogens is 640 g/mol. The number of nitrogens with two attached hydrogens (primary N) is 2. The molecule has 2 bridgehead atoms. The minimum absolute atomic E-state index is 0.0252. The van der Waals surface area contributed by atoms with Crippen molar-refractivity contribution in [2.75, 3.05) is 24.7 Å². The molecule has 44 heavy (non-hydrogen) atoms. The normalized spacial score (nSPS) is 36.6. The van der Waals surface area contributed by atoms with Crippen molar-refractivity contribution in [3.8, 4) is 0 Å². The van der Waals surface area contributed by atoms with Crippen molar-refractivity contribution >= 4 is 50.2 Å². The standard InChI is InChI=1S/C20H22F2N10O10P2/c21-8-6-1-37-43(34)41-12-7(40-18(9(12)22)31-4-27-10-14(23)25-3-26-15(10)31)2-38-44(35,36)42-13(8)19(39-6)32-5-28-11-16(32)29-20(24)30-17(11)33/h3-9,12-13,18-19,43H,1-2H2,(H,35,36)(H2,23,25,26)(H3,24,29,30,33)/t6-,7-,8-,9+,12-,13-,18-,19-/m1/s1. The lowest BCUT2D eigenvalue weighted by Crippen LogP contribution is -2.33. The Kier molecular flexibility index (Phi) is 7.22. The van der Waals surface area contributed by atoms with E-state index in [2.05, 4.69) is 29.9 Å². The summed E-state index contributed by atoms with van der Waals surface area (Å²) in [5.41, 5.74) is 10.7. The Balaban J connectivity index is 1.18. The first-order valence-electron chi connectivity index (χ1n) is 12.7. The van der Waals surface area contributed by atoms with Gasteiger partial charge in [-0.1, -0.05) is 0 Å². The van der Waals surface area contributed by atoms with E-state index in [9.17, 15) is 18.8 Å². The topological polar surface area (TPSA) is 269 Å². The molecule has 0 spiro atoms. The Bertz CT molecular complexity index is 1880. The number of aromatic nitrogens is 8. The zero-order valence-corrected chi connectivity index (χ0v) is 23.8. The lowest BCUT2D eigenvalue weighted by molar-refractivity contribution is -0.0625. The summed E-state index contributed by atoms with van der Waals surface area (Å²) < 4.78 is 91.9. The van der Waals surface area contributed by atoms with E-state index < -0.39 is 84.1 Å². The minimum atomic E-state index is -5.16. The van der Waals surface area contributed by atoms with E-state index >= 15 is 8.78 Å². The van der Waals surface area contributed by atoms with Crippen LogP contribution in [-0.4, -0.2) is 93.9 Å². The highest BCUT2D eigenvalue weighted by atomic mass is 31.2. The number of hydrogen-bond donors (Lipinski definition) is 4. The second-order valence-electron chi connectivity index (χ2n) is 9.86. The number of phosphoric acid groups is 1. The largest absolute Gasteiger partial charge is 0.472 e. The fourth-order valence-electron chi connectivity index (χ4n) is 5.19. The van der Waals surface area contributed by atoms with Crippen LogP contribution in [0.3, 0.4) is 0 Å². The first-order valence-corrected chi connectivity index (χ1v) is 15.5. The Labute approximate surface area is 243 Å². The van der Waals surface area contributed by atoms with Crippen molar-refractivity contribution in [1.82, 2.24) is 39.0 Å². The number of fused-ring (bicyclic) bond motifs is 5. The molecular formula is C20H22F2N10O10P2. The summed E-state index contributed by atoms with van der Waals surface area (Å²) in [6, 6.07) is 0. The second-order valence-corrected chi connectivity index (χ2v) is 12.3. The van der Waals surface area contributed by atoms with Gasteiger partial charge in [0.2, 0.25) is 5.95 Å². The van der Waals surface area contributed by atoms with E-state index in [1.165, 1.54) is 10.9 Å².